The molecular formula is C35H59ClN8O12. The zero-order valence-corrected chi connectivity index (χ0v) is 33.2. The maximum absolute atomic E-state index is 12.4. The minimum Gasteiger partial charge on any atom is -0.492 e. The molecule has 1 unspecified atom stereocenters. The van der Waals surface area contributed by atoms with Crippen molar-refractivity contribution in [1.82, 2.24) is 20.2 Å². The van der Waals surface area contributed by atoms with Gasteiger partial charge in [0, 0.05) is 54.6 Å². The first-order valence-corrected chi connectivity index (χ1v) is 18.2. The van der Waals surface area contributed by atoms with Crippen molar-refractivity contribution in [3.63, 3.8) is 0 Å². The van der Waals surface area contributed by atoms with Crippen LogP contribution in [0.2, 0.25) is 5.15 Å². The minimum absolute atomic E-state index is 0.0362. The van der Waals surface area contributed by atoms with Crippen LogP contribution >= 0.6 is 11.6 Å². The van der Waals surface area contributed by atoms with Gasteiger partial charge in [0.05, 0.1) is 19.3 Å². The number of anilines is 2. The number of ether oxygens (including phenoxy) is 5. The van der Waals surface area contributed by atoms with Gasteiger partial charge in [0.1, 0.15) is 54.6 Å². The van der Waals surface area contributed by atoms with Crippen molar-refractivity contribution < 1.29 is 59.1 Å². The van der Waals surface area contributed by atoms with Crippen molar-refractivity contribution in [1.29, 1.82) is 0 Å². The third kappa shape index (κ3) is 14.8. The Labute approximate surface area is 331 Å². The standard InChI is InChI=1S/C35H59ClN8O12/c1-35(55-5,29(54-4)28(53-3)24(48)18-52-2)19-44(16-22(46)26(49)27(50)23(47)17-45)14-15-56-21-11-9-20(10-12-21)8-6-7-13-40-34(39)43-33(51)25-31(37)42-32(38)30(36)41-25/h9-12,22-24,26-29,45-50H,6-8,13-19H2,1-5H3,(H4,37,38,42)(H3,39,40,43,51)/t22-,23+,24+,26+,27+,28+,29-,35?/m0/s1. The Hall–Kier alpha value is -3.51. The zero-order valence-electron chi connectivity index (χ0n) is 32.5. The number of nitrogen functional groups attached to an aromatic ring is 2. The molecule has 0 saturated carbocycles. The minimum atomic E-state index is -1.81. The number of nitrogens with one attached hydrogen (secondary N) is 1. The lowest BCUT2D eigenvalue weighted by atomic mass is 9.90. The quantitative estimate of drug-likeness (QED) is 0.0277. The second-order valence-electron chi connectivity index (χ2n) is 13.2. The molecule has 318 valence electrons. The lowest BCUT2D eigenvalue weighted by Gasteiger charge is -2.43. The first-order chi connectivity index (χ1) is 26.5. The molecule has 1 aromatic carbocycles. The summed E-state index contributed by atoms with van der Waals surface area (Å²) in [5.41, 5.74) is 16.7. The molecular weight excluding hydrogens is 760 g/mol. The molecule has 0 bridgehead atoms. The number of aliphatic imine (C=N–C) groups is 1. The number of amides is 1. The molecule has 0 aliphatic heterocycles. The fourth-order valence-corrected chi connectivity index (χ4v) is 6.00. The predicted molar refractivity (Wildman–Crippen MR) is 207 cm³/mol. The lowest BCUT2D eigenvalue weighted by Crippen LogP contribution is -2.60. The molecule has 1 aromatic heterocycles. The molecule has 8 atom stereocenters. The number of aliphatic hydroxyl groups is 6. The number of halogens is 1. The van der Waals surface area contributed by atoms with E-state index in [9.17, 15) is 35.4 Å². The molecule has 0 saturated heterocycles. The van der Waals surface area contributed by atoms with Crippen LogP contribution in [0.1, 0.15) is 35.8 Å². The van der Waals surface area contributed by atoms with E-state index in [-0.39, 0.29) is 61.3 Å². The number of carbonyl (C=O) groups excluding carboxylic acids is 1. The third-order valence-electron chi connectivity index (χ3n) is 9.03. The van der Waals surface area contributed by atoms with Gasteiger partial charge < -0.3 is 71.5 Å². The Morgan fingerprint density at radius 2 is 1.62 bits per heavy atom. The molecule has 21 heteroatoms. The van der Waals surface area contributed by atoms with Crippen molar-refractivity contribution in [3.8, 4) is 5.75 Å². The molecule has 0 aliphatic carbocycles. The number of aromatic nitrogens is 2. The van der Waals surface area contributed by atoms with E-state index in [2.05, 4.69) is 20.3 Å². The summed E-state index contributed by atoms with van der Waals surface area (Å²) in [6.07, 6.45) is -7.45. The van der Waals surface area contributed by atoms with Crippen LogP contribution in [0.15, 0.2) is 29.3 Å². The Kier molecular flexibility index (Phi) is 21.1. The normalized spacial score (nSPS) is 17.1. The number of nitrogens with zero attached hydrogens (tertiary/aromatic N) is 4. The van der Waals surface area contributed by atoms with E-state index >= 15 is 0 Å². The number of guanidine groups is 1. The molecule has 13 N–H and O–H groups in total. The van der Waals surface area contributed by atoms with Crippen molar-refractivity contribution >= 4 is 35.1 Å². The maximum Gasteiger partial charge on any atom is 0.280 e. The van der Waals surface area contributed by atoms with E-state index in [0.29, 0.717) is 18.7 Å². The Balaban J connectivity index is 2.02. The number of hydrogen-bond acceptors (Lipinski definition) is 18. The van der Waals surface area contributed by atoms with Crippen LogP contribution in [0.5, 0.6) is 5.75 Å². The molecule has 2 aromatic rings. The van der Waals surface area contributed by atoms with Crippen LogP contribution in [-0.2, 0) is 25.4 Å². The molecule has 1 heterocycles. The van der Waals surface area contributed by atoms with Crippen LogP contribution in [0, 0.1) is 0 Å². The van der Waals surface area contributed by atoms with Crippen LogP contribution < -0.4 is 27.3 Å². The van der Waals surface area contributed by atoms with Crippen LogP contribution in [0.4, 0.5) is 11.6 Å². The van der Waals surface area contributed by atoms with E-state index < -0.39 is 60.8 Å². The largest absolute Gasteiger partial charge is 0.492 e. The van der Waals surface area contributed by atoms with Crippen molar-refractivity contribution in [2.24, 2.45) is 10.7 Å². The molecule has 0 spiro atoms. The van der Waals surface area contributed by atoms with Crippen molar-refractivity contribution in [2.45, 2.75) is 74.5 Å². The predicted octanol–water partition coefficient (Wildman–Crippen LogP) is -2.08. The monoisotopic (exact) mass is 818 g/mol. The summed E-state index contributed by atoms with van der Waals surface area (Å²) >= 11 is 5.83. The second-order valence-corrected chi connectivity index (χ2v) is 13.6. The van der Waals surface area contributed by atoms with Crippen LogP contribution in [-0.4, -0.2) is 180 Å². The van der Waals surface area contributed by atoms with E-state index in [1.165, 1.54) is 28.4 Å². The van der Waals surface area contributed by atoms with Gasteiger partial charge in [0.2, 0.25) is 0 Å². The van der Waals surface area contributed by atoms with Gasteiger partial charge in [-0.2, -0.15) is 0 Å². The number of rotatable bonds is 26. The highest BCUT2D eigenvalue weighted by molar-refractivity contribution is 6.31. The maximum atomic E-state index is 12.4. The van der Waals surface area contributed by atoms with Gasteiger partial charge in [0.15, 0.2) is 28.4 Å². The van der Waals surface area contributed by atoms with Gasteiger partial charge in [-0.3, -0.25) is 20.0 Å². The Morgan fingerprint density at radius 3 is 2.21 bits per heavy atom. The average Bonchev–Trinajstić information content (AvgIpc) is 3.17. The zero-order chi connectivity index (χ0) is 42.0. The number of aryl methyl sites for hydroxylation is 1. The number of nitrogens with two attached hydrogens (primary N) is 3. The molecule has 2 rings (SSSR count). The topological polar surface area (TPSA) is 316 Å². The van der Waals surface area contributed by atoms with Gasteiger partial charge in [-0.25, -0.2) is 9.97 Å². The fourth-order valence-electron chi connectivity index (χ4n) is 5.87. The highest BCUT2D eigenvalue weighted by Gasteiger charge is 2.45. The van der Waals surface area contributed by atoms with Gasteiger partial charge in [0.25, 0.3) is 5.91 Å². The summed E-state index contributed by atoms with van der Waals surface area (Å²) in [4.78, 5) is 25.9. The van der Waals surface area contributed by atoms with E-state index in [1.807, 2.05) is 24.3 Å². The summed E-state index contributed by atoms with van der Waals surface area (Å²) in [7, 11) is 5.76. The smallest absolute Gasteiger partial charge is 0.280 e. The molecule has 56 heavy (non-hydrogen) atoms. The first kappa shape index (κ1) is 48.6. The summed E-state index contributed by atoms with van der Waals surface area (Å²) in [6.45, 7) is 1.40. The SMILES string of the molecule is COC[C@@H](O)[C@@H](OC)[C@H](OC)C(C)(CN(CCOc1ccc(CCCCN=C(N)NC(=O)c2nc(Cl)c(N)nc2N)cc1)C[C@H](O)[C@@H](O)[C@H](O)[C@H](O)CO)OC. The molecule has 0 radical (unpaired) electrons. The summed E-state index contributed by atoms with van der Waals surface area (Å²) < 4.78 is 28.3. The highest BCUT2D eigenvalue weighted by atomic mass is 35.5. The summed E-state index contributed by atoms with van der Waals surface area (Å²) in [6, 6.07) is 7.47. The number of carbonyl (C=O) groups is 1. The van der Waals surface area contributed by atoms with E-state index in [4.69, 9.17) is 52.5 Å². The van der Waals surface area contributed by atoms with Gasteiger partial charge in [-0.1, -0.05) is 23.7 Å². The Morgan fingerprint density at radius 1 is 0.964 bits per heavy atom. The van der Waals surface area contributed by atoms with E-state index in [0.717, 1.165) is 18.4 Å². The third-order valence-corrected chi connectivity index (χ3v) is 9.31. The second kappa shape index (κ2) is 24.3. The number of aliphatic hydroxyl groups excluding tert-OH is 6. The summed E-state index contributed by atoms with van der Waals surface area (Å²) in [5, 5.41) is 63.6. The first-order valence-electron chi connectivity index (χ1n) is 17.8. The molecule has 0 aliphatic rings. The number of unbranched alkanes of at least 4 members (excludes halogenated alkanes) is 1. The Bertz CT molecular complexity index is 1500. The van der Waals surface area contributed by atoms with Crippen LogP contribution in [0.25, 0.3) is 0 Å². The van der Waals surface area contributed by atoms with Gasteiger partial charge in [-0.15, -0.1) is 0 Å². The fraction of sp³-hybridized carbons (Fsp3) is 0.657. The van der Waals surface area contributed by atoms with Gasteiger partial charge >= 0.3 is 0 Å². The van der Waals surface area contributed by atoms with Crippen LogP contribution in [0.3, 0.4) is 0 Å². The molecule has 1 amide bonds. The van der Waals surface area contributed by atoms with Crippen molar-refractivity contribution in [2.75, 3.05) is 85.9 Å². The lowest BCUT2D eigenvalue weighted by molar-refractivity contribution is -0.193. The average molecular weight is 819 g/mol. The number of methoxy groups -OCH3 is 4. The number of benzene rings is 1. The molecule has 20 nitrogen and oxygen atoms in total. The number of hydrogen-bond donors (Lipinski definition) is 10. The van der Waals surface area contributed by atoms with Crippen molar-refractivity contribution in [3.05, 3.63) is 40.7 Å². The molecule has 0 fully saturated rings. The highest BCUT2D eigenvalue weighted by Crippen LogP contribution is 2.26. The summed E-state index contributed by atoms with van der Waals surface area (Å²) in [5.74, 6) is -0.556. The van der Waals surface area contributed by atoms with Gasteiger partial charge in [-0.05, 0) is 43.9 Å². The van der Waals surface area contributed by atoms with E-state index in [1.54, 1.807) is 11.8 Å².